The molecule has 1 spiro atoms. The number of anilines is 1. The quantitative estimate of drug-likeness (QED) is 0.878. The highest BCUT2D eigenvalue weighted by Crippen LogP contribution is 2.40. The van der Waals surface area contributed by atoms with Crippen molar-refractivity contribution in [3.8, 4) is 0 Å². The zero-order valence-corrected chi connectivity index (χ0v) is 13.8. The van der Waals surface area contributed by atoms with E-state index < -0.39 is 5.97 Å². The third-order valence-corrected chi connectivity index (χ3v) is 5.55. The average molecular weight is 326 g/mol. The van der Waals surface area contributed by atoms with Crippen LogP contribution in [0.3, 0.4) is 0 Å². The first-order valence-corrected chi connectivity index (χ1v) is 8.49. The van der Waals surface area contributed by atoms with E-state index in [1.54, 1.807) is 6.33 Å². The molecule has 0 amide bonds. The Morgan fingerprint density at radius 3 is 2.83 bits per heavy atom. The van der Waals surface area contributed by atoms with Crippen molar-refractivity contribution in [2.75, 3.05) is 24.5 Å². The van der Waals surface area contributed by atoms with Gasteiger partial charge in [-0.2, -0.15) is 0 Å². The fourth-order valence-electron chi connectivity index (χ4n) is 4.07. The van der Waals surface area contributed by atoms with Gasteiger partial charge in [0.2, 0.25) is 0 Å². The average Bonchev–Trinajstić information content (AvgIpc) is 2.99. The lowest BCUT2D eigenvalue weighted by atomic mass is 9.76. The molecule has 0 aliphatic carbocycles. The molecular formula is C18H22N4O2. The van der Waals surface area contributed by atoms with Gasteiger partial charge in [0.15, 0.2) is 0 Å². The summed E-state index contributed by atoms with van der Waals surface area (Å²) in [4.78, 5) is 22.4. The number of aliphatic carboxylic acids is 1. The largest absolute Gasteiger partial charge is 0.480 e. The van der Waals surface area contributed by atoms with Crippen LogP contribution in [0.4, 0.5) is 5.82 Å². The van der Waals surface area contributed by atoms with Crippen LogP contribution < -0.4 is 10.2 Å². The summed E-state index contributed by atoms with van der Waals surface area (Å²) in [5.74, 6) is 0.269. The van der Waals surface area contributed by atoms with E-state index in [9.17, 15) is 9.90 Å². The van der Waals surface area contributed by atoms with Crippen LogP contribution in [0.5, 0.6) is 0 Å². The number of aryl methyl sites for hydroxylation is 1. The van der Waals surface area contributed by atoms with Gasteiger partial charge in [0.1, 0.15) is 18.2 Å². The molecule has 6 heteroatoms. The maximum atomic E-state index is 11.2. The number of carboxylic acid groups (broad SMARTS) is 1. The zero-order chi connectivity index (χ0) is 16.7. The summed E-state index contributed by atoms with van der Waals surface area (Å²) in [7, 11) is 0. The molecule has 2 aliphatic heterocycles. The summed E-state index contributed by atoms with van der Waals surface area (Å²) >= 11 is 0. The van der Waals surface area contributed by atoms with Crippen LogP contribution in [0, 0.1) is 12.3 Å². The van der Waals surface area contributed by atoms with Crippen LogP contribution in [0.1, 0.15) is 24.8 Å². The summed E-state index contributed by atoms with van der Waals surface area (Å²) in [6.45, 7) is 4.71. The Morgan fingerprint density at radius 1 is 1.33 bits per heavy atom. The lowest BCUT2D eigenvalue weighted by molar-refractivity contribution is -0.139. The normalized spacial score (nSPS) is 23.0. The van der Waals surface area contributed by atoms with Gasteiger partial charge in [-0.1, -0.05) is 11.6 Å². The molecule has 2 fully saturated rings. The van der Waals surface area contributed by atoms with Crippen LogP contribution in [0.2, 0.25) is 0 Å². The number of hydrogen-bond donors (Lipinski definition) is 2. The van der Waals surface area contributed by atoms with E-state index in [0.717, 1.165) is 55.6 Å². The van der Waals surface area contributed by atoms with E-state index in [1.807, 2.05) is 6.07 Å². The number of hydrogen-bond acceptors (Lipinski definition) is 5. The minimum atomic E-state index is -0.730. The molecule has 2 saturated heterocycles. The smallest absolute Gasteiger partial charge is 0.320 e. The van der Waals surface area contributed by atoms with Gasteiger partial charge in [0.25, 0.3) is 0 Å². The predicted molar refractivity (Wildman–Crippen MR) is 92.2 cm³/mol. The van der Waals surface area contributed by atoms with Crippen molar-refractivity contribution in [3.05, 3.63) is 30.1 Å². The molecule has 126 valence electrons. The van der Waals surface area contributed by atoms with Crippen molar-refractivity contribution >= 4 is 22.7 Å². The van der Waals surface area contributed by atoms with Gasteiger partial charge in [-0.3, -0.25) is 4.79 Å². The van der Waals surface area contributed by atoms with E-state index in [1.165, 1.54) is 5.56 Å². The van der Waals surface area contributed by atoms with E-state index >= 15 is 0 Å². The zero-order valence-electron chi connectivity index (χ0n) is 13.8. The summed E-state index contributed by atoms with van der Waals surface area (Å²) < 4.78 is 0. The molecule has 1 atom stereocenters. The van der Waals surface area contributed by atoms with Gasteiger partial charge < -0.3 is 15.3 Å². The molecule has 2 aromatic rings. The molecule has 0 unspecified atom stereocenters. The first kappa shape index (κ1) is 15.3. The first-order valence-electron chi connectivity index (χ1n) is 8.49. The van der Waals surface area contributed by atoms with Gasteiger partial charge in [-0.15, -0.1) is 0 Å². The predicted octanol–water partition coefficient (Wildman–Crippen LogP) is 1.97. The van der Waals surface area contributed by atoms with Crippen molar-refractivity contribution < 1.29 is 9.90 Å². The molecule has 0 saturated carbocycles. The second-order valence-corrected chi connectivity index (χ2v) is 7.18. The molecule has 1 aromatic carbocycles. The minimum absolute atomic E-state index is 0.123. The number of fused-ring (bicyclic) bond motifs is 1. The maximum absolute atomic E-state index is 11.2. The summed E-state index contributed by atoms with van der Waals surface area (Å²) in [5.41, 5.74) is 2.30. The van der Waals surface area contributed by atoms with Crippen LogP contribution in [-0.2, 0) is 4.79 Å². The van der Waals surface area contributed by atoms with Crippen LogP contribution >= 0.6 is 0 Å². The van der Waals surface area contributed by atoms with Crippen molar-refractivity contribution in [3.63, 3.8) is 0 Å². The monoisotopic (exact) mass is 326 g/mol. The molecule has 2 N–H and O–H groups in total. The minimum Gasteiger partial charge on any atom is -0.480 e. The number of carboxylic acids is 1. The SMILES string of the molecule is Cc1ccc2ncnc(N3CCC4(CC3)CN[C@@H](C(=O)O)C4)c2c1. The van der Waals surface area contributed by atoms with Crippen molar-refractivity contribution in [1.29, 1.82) is 0 Å². The number of carbonyl (C=O) groups is 1. The molecule has 6 nitrogen and oxygen atoms in total. The van der Waals surface area contributed by atoms with Crippen LogP contribution in [0.25, 0.3) is 10.9 Å². The van der Waals surface area contributed by atoms with E-state index in [-0.39, 0.29) is 11.5 Å². The van der Waals surface area contributed by atoms with E-state index in [4.69, 9.17) is 0 Å². The summed E-state index contributed by atoms with van der Waals surface area (Å²) in [6, 6.07) is 5.87. The van der Waals surface area contributed by atoms with Crippen LogP contribution in [-0.4, -0.2) is 46.7 Å². The summed E-state index contributed by atoms with van der Waals surface area (Å²) in [6.07, 6.45) is 4.37. The Kier molecular flexibility index (Phi) is 3.64. The second-order valence-electron chi connectivity index (χ2n) is 7.18. The Morgan fingerprint density at radius 2 is 2.12 bits per heavy atom. The third-order valence-electron chi connectivity index (χ3n) is 5.55. The second kappa shape index (κ2) is 5.70. The summed E-state index contributed by atoms with van der Waals surface area (Å²) in [5, 5.41) is 13.5. The number of rotatable bonds is 2. The highest BCUT2D eigenvalue weighted by molar-refractivity contribution is 5.89. The number of benzene rings is 1. The topological polar surface area (TPSA) is 78.4 Å². The standard InChI is InChI=1S/C18H22N4O2/c1-12-2-3-14-13(8-12)16(21-11-20-14)22-6-4-18(5-7-22)9-15(17(23)24)19-10-18/h2-3,8,11,15,19H,4-7,9-10H2,1H3,(H,23,24)/t15-/m1/s1. The van der Waals surface area contributed by atoms with Gasteiger partial charge in [-0.05, 0) is 43.7 Å². The number of aromatic nitrogens is 2. The Bertz CT molecular complexity index is 784. The molecule has 3 heterocycles. The molecular weight excluding hydrogens is 304 g/mol. The molecule has 4 rings (SSSR count). The molecule has 2 aliphatic rings. The Balaban J connectivity index is 1.55. The molecule has 0 radical (unpaired) electrons. The van der Waals surface area contributed by atoms with E-state index in [0.29, 0.717) is 0 Å². The molecule has 24 heavy (non-hydrogen) atoms. The Hall–Kier alpha value is -2.21. The van der Waals surface area contributed by atoms with Gasteiger partial charge in [-0.25, -0.2) is 9.97 Å². The highest BCUT2D eigenvalue weighted by atomic mass is 16.4. The number of nitrogens with one attached hydrogen (secondary N) is 1. The third kappa shape index (κ3) is 2.60. The lowest BCUT2D eigenvalue weighted by Crippen LogP contribution is -2.41. The van der Waals surface area contributed by atoms with Crippen molar-refractivity contribution in [1.82, 2.24) is 15.3 Å². The van der Waals surface area contributed by atoms with Crippen molar-refractivity contribution in [2.45, 2.75) is 32.2 Å². The fraction of sp³-hybridized carbons (Fsp3) is 0.500. The number of nitrogens with zero attached hydrogens (tertiary/aromatic N) is 3. The number of piperidine rings is 1. The van der Waals surface area contributed by atoms with Gasteiger partial charge >= 0.3 is 5.97 Å². The van der Waals surface area contributed by atoms with Gasteiger partial charge in [0, 0.05) is 25.0 Å². The van der Waals surface area contributed by atoms with Crippen molar-refractivity contribution in [2.24, 2.45) is 5.41 Å². The van der Waals surface area contributed by atoms with Gasteiger partial charge in [0.05, 0.1) is 5.52 Å². The fourth-order valence-corrected chi connectivity index (χ4v) is 4.07. The first-order chi connectivity index (χ1) is 11.6. The highest BCUT2D eigenvalue weighted by Gasteiger charge is 2.43. The van der Waals surface area contributed by atoms with E-state index in [2.05, 4.69) is 39.2 Å². The lowest BCUT2D eigenvalue weighted by Gasteiger charge is -2.39. The Labute approximate surface area is 140 Å². The van der Waals surface area contributed by atoms with Crippen LogP contribution in [0.15, 0.2) is 24.5 Å². The molecule has 1 aromatic heterocycles. The maximum Gasteiger partial charge on any atom is 0.320 e. The molecule has 0 bridgehead atoms.